The molecule has 68 valence electrons. The molecule has 0 aliphatic heterocycles. The average Bonchev–Trinajstić information content (AvgIpc) is 1.79. The van der Waals surface area contributed by atoms with Crippen molar-refractivity contribution in [1.29, 1.82) is 0 Å². The highest BCUT2D eigenvalue weighted by molar-refractivity contribution is 5.95. The number of carboxylic acids is 2. The molecule has 0 bridgehead atoms. The molecule has 0 aromatic rings. The molecule has 6 nitrogen and oxygen atoms in total. The van der Waals surface area contributed by atoms with Gasteiger partial charge in [-0.2, -0.15) is 0 Å². The molecule has 0 radical (unpaired) electrons. The van der Waals surface area contributed by atoms with Gasteiger partial charge in [-0.05, 0) is 6.92 Å². The minimum absolute atomic E-state index is 0.225. The van der Waals surface area contributed by atoms with Gasteiger partial charge in [0.15, 0.2) is 5.79 Å². The second-order valence-corrected chi connectivity index (χ2v) is 2.22. The molecule has 0 spiro atoms. The van der Waals surface area contributed by atoms with Gasteiger partial charge in [0.1, 0.15) is 5.57 Å². The summed E-state index contributed by atoms with van der Waals surface area (Å²) in [6.45, 7) is 0.760. The van der Waals surface area contributed by atoms with Crippen molar-refractivity contribution in [3.8, 4) is 0 Å². The summed E-state index contributed by atoms with van der Waals surface area (Å²) in [5.74, 6) is -5.89. The Morgan fingerprint density at radius 1 is 1.25 bits per heavy atom. The molecule has 0 saturated heterocycles. The van der Waals surface area contributed by atoms with E-state index in [1.807, 2.05) is 0 Å². The molecule has 0 saturated carbocycles. The van der Waals surface area contributed by atoms with E-state index in [4.69, 9.17) is 20.4 Å². The zero-order chi connectivity index (χ0) is 9.94. The monoisotopic (exact) mass is 176 g/mol. The predicted molar refractivity (Wildman–Crippen MR) is 36.2 cm³/mol. The number of aliphatic carboxylic acids is 2. The van der Waals surface area contributed by atoms with Crippen LogP contribution in [0.4, 0.5) is 0 Å². The molecular formula is C6H8O6. The Morgan fingerprint density at radius 3 is 1.75 bits per heavy atom. The van der Waals surface area contributed by atoms with Crippen molar-refractivity contribution < 1.29 is 30.0 Å². The quantitative estimate of drug-likeness (QED) is 0.316. The third-order valence-corrected chi connectivity index (χ3v) is 1.01. The van der Waals surface area contributed by atoms with E-state index in [0.29, 0.717) is 0 Å². The van der Waals surface area contributed by atoms with Crippen LogP contribution in [-0.2, 0) is 9.59 Å². The summed E-state index contributed by atoms with van der Waals surface area (Å²) in [5, 5.41) is 33.9. The Morgan fingerprint density at radius 2 is 1.67 bits per heavy atom. The topological polar surface area (TPSA) is 115 Å². The molecule has 0 unspecified atom stereocenters. The van der Waals surface area contributed by atoms with Crippen LogP contribution in [0.25, 0.3) is 0 Å². The first kappa shape index (κ1) is 10.6. The van der Waals surface area contributed by atoms with Gasteiger partial charge in [-0.25, -0.2) is 9.59 Å². The summed E-state index contributed by atoms with van der Waals surface area (Å²) in [6.07, 6.45) is 0.225. The highest BCUT2D eigenvalue weighted by atomic mass is 16.5. The van der Waals surface area contributed by atoms with Crippen LogP contribution in [0.2, 0.25) is 0 Å². The van der Waals surface area contributed by atoms with Crippen molar-refractivity contribution in [2.75, 3.05) is 0 Å². The summed E-state index contributed by atoms with van der Waals surface area (Å²) < 4.78 is 0. The SMILES string of the molecule is CC(O)(O)C(=CC(=O)O)C(=O)O. The maximum absolute atomic E-state index is 10.2. The summed E-state index contributed by atoms with van der Waals surface area (Å²) >= 11 is 0. The molecule has 0 aromatic heterocycles. The normalized spacial score (nSPS) is 12.8. The number of hydrogen-bond donors (Lipinski definition) is 4. The van der Waals surface area contributed by atoms with E-state index in [9.17, 15) is 9.59 Å². The molecule has 0 atom stereocenters. The molecule has 0 fully saturated rings. The average molecular weight is 176 g/mol. The van der Waals surface area contributed by atoms with Gasteiger partial charge in [0, 0.05) is 6.08 Å². The molecule has 0 aliphatic rings. The van der Waals surface area contributed by atoms with Gasteiger partial charge in [-0.1, -0.05) is 0 Å². The van der Waals surface area contributed by atoms with Crippen LogP contribution < -0.4 is 0 Å². The molecule has 0 amide bonds. The van der Waals surface area contributed by atoms with Crippen molar-refractivity contribution in [1.82, 2.24) is 0 Å². The van der Waals surface area contributed by atoms with Crippen LogP contribution >= 0.6 is 0 Å². The van der Waals surface area contributed by atoms with Crippen LogP contribution in [-0.4, -0.2) is 38.2 Å². The number of hydrogen-bond acceptors (Lipinski definition) is 4. The highest BCUT2D eigenvalue weighted by Gasteiger charge is 2.28. The van der Waals surface area contributed by atoms with Crippen LogP contribution in [0.15, 0.2) is 11.6 Å². The fourth-order valence-corrected chi connectivity index (χ4v) is 0.525. The van der Waals surface area contributed by atoms with Gasteiger partial charge >= 0.3 is 11.9 Å². The van der Waals surface area contributed by atoms with E-state index < -0.39 is 23.3 Å². The minimum atomic E-state index is -2.65. The lowest BCUT2D eigenvalue weighted by Crippen LogP contribution is -2.31. The Kier molecular flexibility index (Phi) is 2.94. The fraction of sp³-hybridized carbons (Fsp3) is 0.333. The van der Waals surface area contributed by atoms with Gasteiger partial charge in [0.25, 0.3) is 0 Å². The maximum atomic E-state index is 10.2. The van der Waals surface area contributed by atoms with Crippen molar-refractivity contribution in [3.63, 3.8) is 0 Å². The van der Waals surface area contributed by atoms with Gasteiger partial charge in [-0.15, -0.1) is 0 Å². The fourth-order valence-electron chi connectivity index (χ4n) is 0.525. The Balaban J connectivity index is 4.94. The van der Waals surface area contributed by atoms with Gasteiger partial charge in [-0.3, -0.25) is 0 Å². The van der Waals surface area contributed by atoms with Gasteiger partial charge in [0.05, 0.1) is 0 Å². The third kappa shape index (κ3) is 3.13. The highest BCUT2D eigenvalue weighted by Crippen LogP contribution is 2.12. The van der Waals surface area contributed by atoms with Crippen molar-refractivity contribution >= 4 is 11.9 Å². The first-order valence-electron chi connectivity index (χ1n) is 2.88. The van der Waals surface area contributed by atoms with Crippen LogP contribution in [0.3, 0.4) is 0 Å². The van der Waals surface area contributed by atoms with E-state index >= 15 is 0 Å². The lowest BCUT2D eigenvalue weighted by atomic mass is 10.1. The van der Waals surface area contributed by atoms with Crippen molar-refractivity contribution in [2.24, 2.45) is 0 Å². The maximum Gasteiger partial charge on any atom is 0.337 e. The van der Waals surface area contributed by atoms with Crippen LogP contribution in [0.1, 0.15) is 6.92 Å². The van der Waals surface area contributed by atoms with E-state index in [1.165, 1.54) is 0 Å². The Bertz CT molecular complexity index is 233. The van der Waals surface area contributed by atoms with Gasteiger partial charge in [0.2, 0.25) is 0 Å². The number of carbonyl (C=O) groups is 2. The molecule has 0 aliphatic carbocycles. The first-order chi connectivity index (χ1) is 5.25. The summed E-state index contributed by atoms with van der Waals surface area (Å²) in [5.41, 5.74) is -0.991. The Hall–Kier alpha value is -1.40. The summed E-state index contributed by atoms with van der Waals surface area (Å²) in [6, 6.07) is 0. The zero-order valence-electron chi connectivity index (χ0n) is 6.18. The molecule has 6 heteroatoms. The minimum Gasteiger partial charge on any atom is -0.478 e. The van der Waals surface area contributed by atoms with Gasteiger partial charge < -0.3 is 20.4 Å². The number of carboxylic acid groups (broad SMARTS) is 2. The van der Waals surface area contributed by atoms with E-state index in [2.05, 4.69) is 0 Å². The smallest absolute Gasteiger partial charge is 0.337 e. The van der Waals surface area contributed by atoms with Crippen LogP contribution in [0, 0.1) is 0 Å². The lowest BCUT2D eigenvalue weighted by Gasteiger charge is -2.15. The van der Waals surface area contributed by atoms with E-state index in [1.54, 1.807) is 0 Å². The summed E-state index contributed by atoms with van der Waals surface area (Å²) in [4.78, 5) is 20.2. The summed E-state index contributed by atoms with van der Waals surface area (Å²) in [7, 11) is 0. The molecular weight excluding hydrogens is 168 g/mol. The predicted octanol–water partition coefficient (Wildman–Crippen LogP) is -1.22. The van der Waals surface area contributed by atoms with Crippen LogP contribution in [0.5, 0.6) is 0 Å². The standard InChI is InChI=1S/C6H8O6/c1-6(11,12)3(5(9)10)2-4(7)8/h2,11-12H,1H3,(H,7,8)(H,9,10). The molecule has 12 heavy (non-hydrogen) atoms. The van der Waals surface area contributed by atoms with Crippen molar-refractivity contribution in [3.05, 3.63) is 11.6 Å². The zero-order valence-corrected chi connectivity index (χ0v) is 6.18. The number of aliphatic hydroxyl groups is 2. The Labute approximate surface area is 67.4 Å². The molecule has 0 aromatic carbocycles. The second kappa shape index (κ2) is 3.33. The molecule has 0 heterocycles. The molecule has 0 rings (SSSR count). The largest absolute Gasteiger partial charge is 0.478 e. The molecule has 4 N–H and O–H groups in total. The van der Waals surface area contributed by atoms with E-state index in [0.717, 1.165) is 6.92 Å². The third-order valence-electron chi connectivity index (χ3n) is 1.01. The first-order valence-corrected chi connectivity index (χ1v) is 2.88. The van der Waals surface area contributed by atoms with E-state index in [-0.39, 0.29) is 6.08 Å². The lowest BCUT2D eigenvalue weighted by molar-refractivity contribution is -0.149. The second-order valence-electron chi connectivity index (χ2n) is 2.22. The van der Waals surface area contributed by atoms with Crippen molar-refractivity contribution in [2.45, 2.75) is 12.7 Å². The number of rotatable bonds is 3.